The van der Waals surface area contributed by atoms with Gasteiger partial charge in [0.1, 0.15) is 0 Å². The molecule has 1 aliphatic rings. The van der Waals surface area contributed by atoms with Crippen molar-refractivity contribution in [2.45, 2.75) is 65.0 Å². The molecule has 0 aromatic carbocycles. The summed E-state index contributed by atoms with van der Waals surface area (Å²) in [6, 6.07) is 6.32. The van der Waals surface area contributed by atoms with Crippen molar-refractivity contribution in [3.63, 3.8) is 0 Å². The smallest absolute Gasteiger partial charge is 0.0547 e. The van der Waals surface area contributed by atoms with E-state index in [-0.39, 0.29) is 5.54 Å². The fourth-order valence-corrected chi connectivity index (χ4v) is 3.59. The minimum atomic E-state index is 0.188. The van der Waals surface area contributed by atoms with E-state index in [0.29, 0.717) is 0 Å². The van der Waals surface area contributed by atoms with Crippen LogP contribution in [0.3, 0.4) is 0 Å². The van der Waals surface area contributed by atoms with Crippen molar-refractivity contribution in [2.75, 3.05) is 13.1 Å². The maximum Gasteiger partial charge on any atom is 0.0547 e. The zero-order valence-electron chi connectivity index (χ0n) is 13.9. The number of hydrogen-bond donors (Lipinski definition) is 1. The van der Waals surface area contributed by atoms with Crippen LogP contribution >= 0.6 is 0 Å². The van der Waals surface area contributed by atoms with Crippen molar-refractivity contribution in [3.05, 3.63) is 29.6 Å². The van der Waals surface area contributed by atoms with Crippen LogP contribution in [0.2, 0.25) is 0 Å². The molecule has 1 aromatic heterocycles. The first kappa shape index (κ1) is 16.4. The van der Waals surface area contributed by atoms with Gasteiger partial charge in [-0.2, -0.15) is 0 Å². The Kier molecular flexibility index (Phi) is 5.77. The summed E-state index contributed by atoms with van der Waals surface area (Å²) >= 11 is 0. The number of hydrogen-bond acceptors (Lipinski definition) is 3. The van der Waals surface area contributed by atoms with Crippen molar-refractivity contribution in [1.29, 1.82) is 0 Å². The number of nitrogens with two attached hydrogens (primary N) is 1. The lowest BCUT2D eigenvalue weighted by Gasteiger charge is -2.47. The Balaban J connectivity index is 2.16. The maximum atomic E-state index is 6.24. The van der Waals surface area contributed by atoms with E-state index in [1.54, 1.807) is 0 Å². The first-order valence-corrected chi connectivity index (χ1v) is 8.47. The third-order valence-electron chi connectivity index (χ3n) is 5.05. The Morgan fingerprint density at radius 3 is 2.62 bits per heavy atom. The van der Waals surface area contributed by atoms with Crippen LogP contribution in [0.4, 0.5) is 0 Å². The predicted octanol–water partition coefficient (Wildman–Crippen LogP) is 3.51. The van der Waals surface area contributed by atoms with Crippen LogP contribution in [0.1, 0.15) is 57.3 Å². The van der Waals surface area contributed by atoms with Gasteiger partial charge >= 0.3 is 0 Å². The molecule has 1 aromatic rings. The number of aromatic nitrogens is 1. The fourth-order valence-electron chi connectivity index (χ4n) is 3.59. The highest BCUT2D eigenvalue weighted by Gasteiger charge is 2.38. The van der Waals surface area contributed by atoms with Crippen molar-refractivity contribution in [1.82, 2.24) is 9.88 Å². The van der Waals surface area contributed by atoms with Crippen LogP contribution in [0.5, 0.6) is 0 Å². The summed E-state index contributed by atoms with van der Waals surface area (Å²) in [5, 5.41) is 0. The van der Waals surface area contributed by atoms with Crippen LogP contribution in [-0.2, 0) is 6.54 Å². The third-order valence-corrected chi connectivity index (χ3v) is 5.05. The Morgan fingerprint density at radius 1 is 1.33 bits per heavy atom. The number of nitrogens with zero attached hydrogens (tertiary/aromatic N) is 2. The lowest BCUT2D eigenvalue weighted by atomic mass is 9.75. The van der Waals surface area contributed by atoms with Gasteiger partial charge in [-0.1, -0.05) is 19.9 Å². The average molecular weight is 289 g/mol. The van der Waals surface area contributed by atoms with E-state index in [4.69, 9.17) is 5.73 Å². The van der Waals surface area contributed by atoms with E-state index in [1.165, 1.54) is 37.8 Å². The van der Waals surface area contributed by atoms with Gasteiger partial charge in [0.2, 0.25) is 0 Å². The summed E-state index contributed by atoms with van der Waals surface area (Å²) < 4.78 is 0. The zero-order valence-corrected chi connectivity index (χ0v) is 13.9. The van der Waals surface area contributed by atoms with E-state index in [1.807, 2.05) is 0 Å². The van der Waals surface area contributed by atoms with Gasteiger partial charge in [-0.3, -0.25) is 9.88 Å². The van der Waals surface area contributed by atoms with E-state index < -0.39 is 0 Å². The summed E-state index contributed by atoms with van der Waals surface area (Å²) in [5.41, 5.74) is 8.70. The molecule has 1 saturated carbocycles. The molecule has 0 bridgehead atoms. The van der Waals surface area contributed by atoms with Crippen LogP contribution in [0.25, 0.3) is 0 Å². The van der Waals surface area contributed by atoms with E-state index >= 15 is 0 Å². The normalized spacial score (nSPS) is 26.2. The van der Waals surface area contributed by atoms with Gasteiger partial charge in [-0.15, -0.1) is 0 Å². The SMILES string of the molecule is CCCN(Cc1cccc(C)n1)C1(CN)CCC(C)CC1. The lowest BCUT2D eigenvalue weighted by Crippen LogP contribution is -2.55. The number of aryl methyl sites for hydroxylation is 1. The first-order valence-electron chi connectivity index (χ1n) is 8.47. The molecule has 3 nitrogen and oxygen atoms in total. The summed E-state index contributed by atoms with van der Waals surface area (Å²) in [7, 11) is 0. The summed E-state index contributed by atoms with van der Waals surface area (Å²) in [6.45, 7) is 9.50. The van der Waals surface area contributed by atoms with Crippen LogP contribution in [0, 0.1) is 12.8 Å². The fraction of sp³-hybridized carbons (Fsp3) is 0.722. The minimum absolute atomic E-state index is 0.188. The number of rotatable bonds is 6. The molecular formula is C18H31N3. The largest absolute Gasteiger partial charge is 0.329 e. The van der Waals surface area contributed by atoms with Crippen molar-refractivity contribution < 1.29 is 0 Å². The quantitative estimate of drug-likeness (QED) is 0.871. The molecule has 21 heavy (non-hydrogen) atoms. The third kappa shape index (κ3) is 4.04. The Morgan fingerprint density at radius 2 is 2.05 bits per heavy atom. The van der Waals surface area contributed by atoms with Gasteiger partial charge in [0.15, 0.2) is 0 Å². The number of pyridine rings is 1. The molecule has 2 rings (SSSR count). The molecular weight excluding hydrogens is 258 g/mol. The van der Waals surface area contributed by atoms with E-state index in [2.05, 4.69) is 48.9 Å². The molecule has 3 heteroatoms. The first-order chi connectivity index (χ1) is 10.1. The molecule has 0 radical (unpaired) electrons. The second-order valence-electron chi connectivity index (χ2n) is 6.80. The summed E-state index contributed by atoms with van der Waals surface area (Å²) in [4.78, 5) is 7.30. The lowest BCUT2D eigenvalue weighted by molar-refractivity contribution is 0.0367. The highest BCUT2D eigenvalue weighted by Crippen LogP contribution is 2.36. The van der Waals surface area contributed by atoms with Crippen molar-refractivity contribution in [3.8, 4) is 0 Å². The average Bonchev–Trinajstić information content (AvgIpc) is 2.48. The molecule has 0 saturated heterocycles. The molecule has 0 atom stereocenters. The second kappa shape index (κ2) is 7.37. The summed E-state index contributed by atoms with van der Waals surface area (Å²) in [6.07, 6.45) is 6.24. The van der Waals surface area contributed by atoms with E-state index in [0.717, 1.165) is 31.2 Å². The highest BCUT2D eigenvalue weighted by molar-refractivity contribution is 5.11. The van der Waals surface area contributed by atoms with Crippen molar-refractivity contribution in [2.24, 2.45) is 11.7 Å². The Hall–Kier alpha value is -0.930. The van der Waals surface area contributed by atoms with Gasteiger partial charge in [0.05, 0.1) is 5.69 Å². The standard InChI is InChI=1S/C18H31N3/c1-4-12-21(13-17-7-5-6-16(3)20-17)18(14-19)10-8-15(2)9-11-18/h5-7,15H,4,8-14,19H2,1-3H3. The highest BCUT2D eigenvalue weighted by atomic mass is 15.2. The molecule has 0 amide bonds. The van der Waals surface area contributed by atoms with Crippen LogP contribution in [0.15, 0.2) is 18.2 Å². The Bertz CT molecular complexity index is 436. The topological polar surface area (TPSA) is 42.2 Å². The van der Waals surface area contributed by atoms with Crippen LogP contribution in [-0.4, -0.2) is 28.5 Å². The van der Waals surface area contributed by atoms with Gasteiger partial charge in [0.25, 0.3) is 0 Å². The van der Waals surface area contributed by atoms with Gasteiger partial charge in [0, 0.05) is 24.3 Å². The molecule has 2 N–H and O–H groups in total. The maximum absolute atomic E-state index is 6.24. The molecule has 1 aliphatic carbocycles. The molecule has 1 heterocycles. The molecule has 0 aliphatic heterocycles. The Labute approximate surface area is 129 Å². The zero-order chi connectivity index (χ0) is 15.3. The second-order valence-corrected chi connectivity index (χ2v) is 6.80. The molecule has 0 unspecified atom stereocenters. The van der Waals surface area contributed by atoms with Crippen molar-refractivity contribution >= 4 is 0 Å². The monoisotopic (exact) mass is 289 g/mol. The van der Waals surface area contributed by atoms with Crippen LogP contribution < -0.4 is 5.73 Å². The molecule has 1 fully saturated rings. The van der Waals surface area contributed by atoms with E-state index in [9.17, 15) is 0 Å². The predicted molar refractivity (Wildman–Crippen MR) is 89.1 cm³/mol. The minimum Gasteiger partial charge on any atom is -0.329 e. The molecule has 0 spiro atoms. The van der Waals surface area contributed by atoms with Gasteiger partial charge in [-0.05, 0) is 63.6 Å². The molecule has 118 valence electrons. The van der Waals surface area contributed by atoms with Gasteiger partial charge in [-0.25, -0.2) is 0 Å². The van der Waals surface area contributed by atoms with Gasteiger partial charge < -0.3 is 5.73 Å². The summed E-state index contributed by atoms with van der Waals surface area (Å²) in [5.74, 6) is 0.852.